The molecule has 0 saturated carbocycles. The number of anilines is 1. The lowest BCUT2D eigenvalue weighted by Gasteiger charge is -2.27. The molecule has 156 valence electrons. The van der Waals surface area contributed by atoms with Crippen LogP contribution in [0.15, 0.2) is 48.5 Å². The molecule has 9 heteroatoms. The second-order valence-electron chi connectivity index (χ2n) is 6.73. The number of hydrogen-bond donors (Lipinski definition) is 1. The first-order valence-electron chi connectivity index (χ1n) is 9.11. The number of benzene rings is 2. The third-order valence-electron chi connectivity index (χ3n) is 4.45. The van der Waals surface area contributed by atoms with Gasteiger partial charge >= 0.3 is 0 Å². The van der Waals surface area contributed by atoms with Crippen LogP contribution in [0.25, 0.3) is 0 Å². The average Bonchev–Trinajstić information content (AvgIpc) is 2.71. The van der Waals surface area contributed by atoms with E-state index in [0.29, 0.717) is 36.1 Å². The largest absolute Gasteiger partial charge is 0.486 e. The van der Waals surface area contributed by atoms with Gasteiger partial charge < -0.3 is 19.5 Å². The molecule has 0 aliphatic carbocycles. The Kier molecular flexibility index (Phi) is 6.17. The molecule has 1 N–H and O–H groups in total. The molecular weight excluding hydrogens is 396 g/mol. The summed E-state index contributed by atoms with van der Waals surface area (Å²) in [6.45, 7) is 2.28. The highest BCUT2D eigenvalue weighted by Crippen LogP contribution is 2.30. The lowest BCUT2D eigenvalue weighted by molar-refractivity contribution is -0.127. The smallest absolute Gasteiger partial charge is 0.260 e. The number of para-hydroxylation sites is 2. The Balaban J connectivity index is 1.49. The second-order valence-corrected chi connectivity index (χ2v) is 8.74. The quantitative estimate of drug-likeness (QED) is 0.734. The van der Waals surface area contributed by atoms with Crippen LogP contribution in [0.2, 0.25) is 0 Å². The first-order valence-corrected chi connectivity index (χ1v) is 11.0. The zero-order valence-corrected chi connectivity index (χ0v) is 17.3. The van der Waals surface area contributed by atoms with Gasteiger partial charge in [0, 0.05) is 7.05 Å². The third kappa shape index (κ3) is 5.32. The van der Waals surface area contributed by atoms with Gasteiger partial charge in [0.15, 0.2) is 17.6 Å². The van der Waals surface area contributed by atoms with Crippen LogP contribution in [-0.2, 0) is 14.8 Å². The van der Waals surface area contributed by atoms with Gasteiger partial charge in [0.05, 0.1) is 18.5 Å². The van der Waals surface area contributed by atoms with Crippen molar-refractivity contribution in [2.24, 2.45) is 0 Å². The molecule has 0 radical (unpaired) electrons. The number of rotatable bonds is 7. The standard InChI is InChI=1S/C20H24N2O6S/c1-14(27-16-10-8-15(9-11-16)22(2)29(3,24)25)20(23)21-12-17-13-26-18-6-4-5-7-19(18)28-17/h4-11,14,17H,12-13H2,1-3H3,(H,21,23)/t14-,17+/m1/s1. The van der Waals surface area contributed by atoms with E-state index in [9.17, 15) is 13.2 Å². The summed E-state index contributed by atoms with van der Waals surface area (Å²) in [6.07, 6.45) is 0.112. The molecule has 3 rings (SSSR count). The molecule has 1 amide bonds. The zero-order chi connectivity index (χ0) is 21.0. The maximum absolute atomic E-state index is 12.3. The van der Waals surface area contributed by atoms with E-state index in [1.54, 1.807) is 31.2 Å². The minimum Gasteiger partial charge on any atom is -0.486 e. The summed E-state index contributed by atoms with van der Waals surface area (Å²) in [4.78, 5) is 12.3. The number of nitrogens with one attached hydrogen (secondary N) is 1. The fraction of sp³-hybridized carbons (Fsp3) is 0.350. The average molecular weight is 420 g/mol. The van der Waals surface area contributed by atoms with Crippen LogP contribution in [0, 0.1) is 0 Å². The van der Waals surface area contributed by atoms with E-state index in [1.807, 2.05) is 24.3 Å². The first-order chi connectivity index (χ1) is 13.7. The van der Waals surface area contributed by atoms with E-state index in [0.717, 1.165) is 10.6 Å². The molecule has 0 bridgehead atoms. The Hall–Kier alpha value is -2.94. The summed E-state index contributed by atoms with van der Waals surface area (Å²) in [5, 5.41) is 2.80. The highest BCUT2D eigenvalue weighted by atomic mass is 32.2. The highest BCUT2D eigenvalue weighted by Gasteiger charge is 2.23. The number of sulfonamides is 1. The molecule has 0 saturated heterocycles. The molecular formula is C20H24N2O6S. The van der Waals surface area contributed by atoms with Crippen molar-refractivity contribution in [3.63, 3.8) is 0 Å². The van der Waals surface area contributed by atoms with Gasteiger partial charge in [0.2, 0.25) is 10.0 Å². The van der Waals surface area contributed by atoms with Crippen molar-refractivity contribution >= 4 is 21.6 Å². The number of ether oxygens (including phenoxy) is 3. The zero-order valence-electron chi connectivity index (χ0n) is 16.5. The van der Waals surface area contributed by atoms with Gasteiger partial charge in [0.1, 0.15) is 18.5 Å². The van der Waals surface area contributed by atoms with Crippen molar-refractivity contribution in [2.45, 2.75) is 19.1 Å². The van der Waals surface area contributed by atoms with Gasteiger partial charge in [-0.2, -0.15) is 0 Å². The number of nitrogens with zero attached hydrogens (tertiary/aromatic N) is 1. The van der Waals surface area contributed by atoms with Crippen molar-refractivity contribution in [1.29, 1.82) is 0 Å². The topological polar surface area (TPSA) is 94.2 Å². The Labute approximate surface area is 170 Å². The van der Waals surface area contributed by atoms with Crippen LogP contribution in [0.5, 0.6) is 17.2 Å². The van der Waals surface area contributed by atoms with Gasteiger partial charge in [-0.05, 0) is 43.3 Å². The van der Waals surface area contributed by atoms with Crippen molar-refractivity contribution in [1.82, 2.24) is 5.32 Å². The van der Waals surface area contributed by atoms with Gasteiger partial charge in [-0.15, -0.1) is 0 Å². The molecule has 1 aliphatic rings. The molecule has 29 heavy (non-hydrogen) atoms. The minimum absolute atomic E-state index is 0.285. The fourth-order valence-electron chi connectivity index (χ4n) is 2.71. The predicted molar refractivity (Wildman–Crippen MR) is 109 cm³/mol. The highest BCUT2D eigenvalue weighted by molar-refractivity contribution is 7.92. The van der Waals surface area contributed by atoms with E-state index in [4.69, 9.17) is 14.2 Å². The van der Waals surface area contributed by atoms with Crippen molar-refractivity contribution in [3.8, 4) is 17.2 Å². The van der Waals surface area contributed by atoms with Crippen LogP contribution < -0.4 is 23.8 Å². The second kappa shape index (κ2) is 8.60. The molecule has 0 unspecified atom stereocenters. The first kappa shape index (κ1) is 20.8. The van der Waals surface area contributed by atoms with Crippen LogP contribution in [-0.4, -0.2) is 53.0 Å². The summed E-state index contributed by atoms with van der Waals surface area (Å²) >= 11 is 0. The molecule has 0 aromatic heterocycles. The van der Waals surface area contributed by atoms with Crippen LogP contribution >= 0.6 is 0 Å². The van der Waals surface area contributed by atoms with Crippen LogP contribution in [0.1, 0.15) is 6.92 Å². The monoisotopic (exact) mass is 420 g/mol. The Morgan fingerprint density at radius 2 is 1.86 bits per heavy atom. The molecule has 1 heterocycles. The number of carbonyl (C=O) groups excluding carboxylic acids is 1. The minimum atomic E-state index is -3.34. The van der Waals surface area contributed by atoms with E-state index >= 15 is 0 Å². The molecule has 1 aliphatic heterocycles. The van der Waals surface area contributed by atoms with Crippen molar-refractivity contribution < 1.29 is 27.4 Å². The summed E-state index contributed by atoms with van der Waals surface area (Å²) in [6, 6.07) is 13.9. The number of hydrogen-bond acceptors (Lipinski definition) is 6. The fourth-order valence-corrected chi connectivity index (χ4v) is 3.21. The number of fused-ring (bicyclic) bond motifs is 1. The lowest BCUT2D eigenvalue weighted by atomic mass is 10.2. The van der Waals surface area contributed by atoms with Crippen LogP contribution in [0.3, 0.4) is 0 Å². The van der Waals surface area contributed by atoms with Gasteiger partial charge in [0.25, 0.3) is 5.91 Å². The maximum Gasteiger partial charge on any atom is 0.260 e. The Morgan fingerprint density at radius 3 is 2.52 bits per heavy atom. The van der Waals surface area contributed by atoms with Gasteiger partial charge in [-0.1, -0.05) is 12.1 Å². The van der Waals surface area contributed by atoms with E-state index < -0.39 is 16.1 Å². The van der Waals surface area contributed by atoms with E-state index in [2.05, 4.69) is 5.32 Å². The predicted octanol–water partition coefficient (Wildman–Crippen LogP) is 1.81. The normalized spacial score (nSPS) is 16.6. The summed E-state index contributed by atoms with van der Waals surface area (Å²) in [7, 11) is -1.87. The third-order valence-corrected chi connectivity index (χ3v) is 5.66. The van der Waals surface area contributed by atoms with E-state index in [-0.39, 0.29) is 12.0 Å². The molecule has 8 nitrogen and oxygen atoms in total. The summed E-state index contributed by atoms with van der Waals surface area (Å²) in [5.41, 5.74) is 0.506. The SMILES string of the molecule is C[C@@H](Oc1ccc(N(C)S(C)(=O)=O)cc1)C(=O)NC[C@H]1COc2ccccc2O1. The maximum atomic E-state index is 12.3. The summed E-state index contributed by atoms with van der Waals surface area (Å²) in [5.74, 6) is 1.52. The number of amides is 1. The molecule has 2 atom stereocenters. The van der Waals surface area contributed by atoms with Crippen molar-refractivity contribution in [2.75, 3.05) is 30.8 Å². The van der Waals surface area contributed by atoms with E-state index in [1.165, 1.54) is 7.05 Å². The van der Waals surface area contributed by atoms with Gasteiger partial charge in [-0.25, -0.2) is 8.42 Å². The molecule has 0 fully saturated rings. The molecule has 2 aromatic carbocycles. The summed E-state index contributed by atoms with van der Waals surface area (Å²) < 4.78 is 41.4. The van der Waals surface area contributed by atoms with Crippen molar-refractivity contribution in [3.05, 3.63) is 48.5 Å². The number of carbonyl (C=O) groups is 1. The van der Waals surface area contributed by atoms with Crippen LogP contribution in [0.4, 0.5) is 5.69 Å². The molecule has 0 spiro atoms. The molecule has 2 aromatic rings. The Morgan fingerprint density at radius 1 is 1.21 bits per heavy atom. The lowest BCUT2D eigenvalue weighted by Crippen LogP contribution is -2.44. The Bertz CT molecular complexity index is 961. The van der Waals surface area contributed by atoms with Gasteiger partial charge in [-0.3, -0.25) is 9.10 Å².